The molecule has 2 nitrogen and oxygen atoms in total. The van der Waals surface area contributed by atoms with E-state index in [1.165, 1.54) is 19.3 Å². The number of ether oxygens (including phenoxy) is 1. The summed E-state index contributed by atoms with van der Waals surface area (Å²) in [5.41, 5.74) is 0. The lowest BCUT2D eigenvalue weighted by Crippen LogP contribution is -2.09. The molecule has 12 heavy (non-hydrogen) atoms. The molecule has 0 heterocycles. The molecule has 0 saturated heterocycles. The summed E-state index contributed by atoms with van der Waals surface area (Å²) in [6.07, 6.45) is 5.92. The fourth-order valence-corrected chi connectivity index (χ4v) is 1.29. The molecule has 0 aromatic heterocycles. The molecule has 1 N–H and O–H groups in total. The molecular formula is C10H22O2. The lowest BCUT2D eigenvalue weighted by atomic mass is 9.98. The first-order valence-corrected chi connectivity index (χ1v) is 5.07. The summed E-state index contributed by atoms with van der Waals surface area (Å²) in [6, 6.07) is 0. The second-order valence-electron chi connectivity index (χ2n) is 3.07. The minimum absolute atomic E-state index is 0.0359. The van der Waals surface area contributed by atoms with Crippen LogP contribution in [0.1, 0.15) is 46.0 Å². The summed E-state index contributed by atoms with van der Waals surface area (Å²) in [5.74, 6) is 0. The van der Waals surface area contributed by atoms with Crippen LogP contribution in [-0.2, 0) is 4.74 Å². The van der Waals surface area contributed by atoms with Crippen LogP contribution in [0.4, 0.5) is 0 Å². The maximum Gasteiger partial charge on any atom is 0.0540 e. The number of rotatable bonds is 2. The Morgan fingerprint density at radius 3 is 1.75 bits per heavy atom. The summed E-state index contributed by atoms with van der Waals surface area (Å²) in [4.78, 5) is 0. The summed E-state index contributed by atoms with van der Waals surface area (Å²) < 4.78 is 4.83. The van der Waals surface area contributed by atoms with Crippen LogP contribution in [0.15, 0.2) is 0 Å². The highest BCUT2D eigenvalue weighted by Gasteiger charge is 2.07. The molecule has 0 unspecified atom stereocenters. The third-order valence-electron chi connectivity index (χ3n) is 1.98. The van der Waals surface area contributed by atoms with Crippen molar-refractivity contribution in [3.8, 4) is 0 Å². The minimum Gasteiger partial charge on any atom is -0.393 e. The zero-order valence-corrected chi connectivity index (χ0v) is 8.38. The molecule has 0 atom stereocenters. The molecule has 0 aromatic rings. The molecule has 2 heteroatoms. The van der Waals surface area contributed by atoms with Gasteiger partial charge >= 0.3 is 0 Å². The van der Waals surface area contributed by atoms with Gasteiger partial charge in [0.1, 0.15) is 0 Å². The van der Waals surface area contributed by atoms with Crippen LogP contribution >= 0.6 is 0 Å². The zero-order valence-electron chi connectivity index (χ0n) is 8.38. The van der Waals surface area contributed by atoms with E-state index in [0.717, 1.165) is 26.1 Å². The highest BCUT2D eigenvalue weighted by molar-refractivity contribution is 4.61. The van der Waals surface area contributed by atoms with Crippen molar-refractivity contribution in [2.24, 2.45) is 0 Å². The predicted octanol–water partition coefficient (Wildman–Crippen LogP) is 2.35. The Morgan fingerprint density at radius 1 is 1.08 bits per heavy atom. The van der Waals surface area contributed by atoms with Crippen molar-refractivity contribution in [3.05, 3.63) is 0 Å². The Kier molecular flexibility index (Phi) is 8.95. The van der Waals surface area contributed by atoms with Crippen molar-refractivity contribution in [2.75, 3.05) is 13.2 Å². The number of hydrogen-bond donors (Lipinski definition) is 1. The third-order valence-corrected chi connectivity index (χ3v) is 1.98. The van der Waals surface area contributed by atoms with E-state index in [4.69, 9.17) is 9.84 Å². The second kappa shape index (κ2) is 9.01. The van der Waals surface area contributed by atoms with Crippen molar-refractivity contribution in [2.45, 2.75) is 52.1 Å². The SMILES string of the molecule is CCOCC.OC1CCCCC1. The van der Waals surface area contributed by atoms with Gasteiger partial charge in [-0.05, 0) is 26.7 Å². The van der Waals surface area contributed by atoms with Crippen molar-refractivity contribution in [3.63, 3.8) is 0 Å². The van der Waals surface area contributed by atoms with E-state index in [-0.39, 0.29) is 6.10 Å². The van der Waals surface area contributed by atoms with Crippen LogP contribution in [0.3, 0.4) is 0 Å². The van der Waals surface area contributed by atoms with E-state index >= 15 is 0 Å². The Bertz CT molecular complexity index is 75.9. The molecular weight excluding hydrogens is 152 g/mol. The van der Waals surface area contributed by atoms with Gasteiger partial charge in [0.25, 0.3) is 0 Å². The Hall–Kier alpha value is -0.0800. The molecule has 0 spiro atoms. The summed E-state index contributed by atoms with van der Waals surface area (Å²) >= 11 is 0. The van der Waals surface area contributed by atoms with Crippen LogP contribution in [0.2, 0.25) is 0 Å². The summed E-state index contributed by atoms with van der Waals surface area (Å²) in [6.45, 7) is 5.67. The smallest absolute Gasteiger partial charge is 0.0540 e. The van der Waals surface area contributed by atoms with E-state index in [0.29, 0.717) is 0 Å². The number of hydrogen-bond acceptors (Lipinski definition) is 2. The lowest BCUT2D eigenvalue weighted by Gasteiger charge is -2.14. The molecule has 0 amide bonds. The van der Waals surface area contributed by atoms with E-state index in [1.807, 2.05) is 13.8 Å². The first-order valence-electron chi connectivity index (χ1n) is 5.07. The van der Waals surface area contributed by atoms with Crippen LogP contribution in [-0.4, -0.2) is 24.4 Å². The maximum atomic E-state index is 8.91. The molecule has 1 rings (SSSR count). The largest absolute Gasteiger partial charge is 0.393 e. The molecule has 0 aromatic carbocycles. The number of aliphatic hydroxyl groups is 1. The Morgan fingerprint density at radius 2 is 1.58 bits per heavy atom. The minimum atomic E-state index is 0.0359. The molecule has 1 aliphatic rings. The van der Waals surface area contributed by atoms with Gasteiger partial charge in [-0.25, -0.2) is 0 Å². The van der Waals surface area contributed by atoms with Crippen molar-refractivity contribution < 1.29 is 9.84 Å². The molecule has 74 valence electrons. The van der Waals surface area contributed by atoms with Crippen LogP contribution < -0.4 is 0 Å². The lowest BCUT2D eigenvalue weighted by molar-refractivity contribution is 0.130. The second-order valence-corrected chi connectivity index (χ2v) is 3.07. The van der Waals surface area contributed by atoms with Gasteiger partial charge in [0, 0.05) is 13.2 Å². The Labute approximate surface area is 75.9 Å². The quantitative estimate of drug-likeness (QED) is 0.696. The van der Waals surface area contributed by atoms with Gasteiger partial charge in [0.2, 0.25) is 0 Å². The van der Waals surface area contributed by atoms with E-state index in [1.54, 1.807) is 0 Å². The highest BCUT2D eigenvalue weighted by Crippen LogP contribution is 2.16. The Balaban J connectivity index is 0.000000217. The fourth-order valence-electron chi connectivity index (χ4n) is 1.29. The van der Waals surface area contributed by atoms with Gasteiger partial charge in [0.15, 0.2) is 0 Å². The highest BCUT2D eigenvalue weighted by atomic mass is 16.5. The molecule has 0 aliphatic heterocycles. The van der Waals surface area contributed by atoms with Gasteiger partial charge in [0.05, 0.1) is 6.10 Å². The van der Waals surface area contributed by atoms with Crippen molar-refractivity contribution in [1.29, 1.82) is 0 Å². The van der Waals surface area contributed by atoms with Gasteiger partial charge in [-0.2, -0.15) is 0 Å². The first-order chi connectivity index (χ1) is 5.81. The van der Waals surface area contributed by atoms with Crippen molar-refractivity contribution >= 4 is 0 Å². The average molecular weight is 174 g/mol. The molecule has 1 fully saturated rings. The van der Waals surface area contributed by atoms with Crippen LogP contribution in [0.25, 0.3) is 0 Å². The van der Waals surface area contributed by atoms with Gasteiger partial charge in [-0.3, -0.25) is 0 Å². The van der Waals surface area contributed by atoms with Crippen LogP contribution in [0.5, 0.6) is 0 Å². The molecule has 1 aliphatic carbocycles. The van der Waals surface area contributed by atoms with Gasteiger partial charge < -0.3 is 9.84 Å². The van der Waals surface area contributed by atoms with Crippen molar-refractivity contribution in [1.82, 2.24) is 0 Å². The first kappa shape index (κ1) is 11.9. The predicted molar refractivity (Wildman–Crippen MR) is 51.3 cm³/mol. The fraction of sp³-hybridized carbons (Fsp3) is 1.00. The van der Waals surface area contributed by atoms with Gasteiger partial charge in [-0.15, -0.1) is 0 Å². The van der Waals surface area contributed by atoms with E-state index in [9.17, 15) is 0 Å². The van der Waals surface area contributed by atoms with Crippen LogP contribution in [0, 0.1) is 0 Å². The molecule has 0 radical (unpaired) electrons. The molecule has 1 saturated carbocycles. The maximum absolute atomic E-state index is 8.91. The topological polar surface area (TPSA) is 29.5 Å². The average Bonchev–Trinajstić information content (AvgIpc) is 2.08. The summed E-state index contributed by atoms with van der Waals surface area (Å²) in [7, 11) is 0. The van der Waals surface area contributed by atoms with E-state index in [2.05, 4.69) is 0 Å². The third kappa shape index (κ3) is 8.02. The number of aliphatic hydroxyl groups excluding tert-OH is 1. The zero-order chi connectivity index (χ0) is 9.23. The van der Waals surface area contributed by atoms with E-state index < -0.39 is 0 Å². The normalized spacial score (nSPS) is 18.2. The summed E-state index contributed by atoms with van der Waals surface area (Å²) in [5, 5.41) is 8.91. The molecule has 0 bridgehead atoms. The van der Waals surface area contributed by atoms with Gasteiger partial charge in [-0.1, -0.05) is 19.3 Å². The monoisotopic (exact) mass is 174 g/mol. The standard InChI is InChI=1S/C6H12O.C4H10O/c7-6-4-2-1-3-5-6;1-3-5-4-2/h6-7H,1-5H2;3-4H2,1-2H3.